The highest BCUT2D eigenvalue weighted by atomic mass is 32.2. The Morgan fingerprint density at radius 2 is 2.00 bits per heavy atom. The molecule has 0 saturated heterocycles. The van der Waals surface area contributed by atoms with Gasteiger partial charge in [-0.2, -0.15) is 11.8 Å². The number of aliphatic hydroxyl groups is 1. The molecule has 0 bridgehead atoms. The lowest BCUT2D eigenvalue weighted by atomic mass is 9.85. The molecule has 15 heavy (non-hydrogen) atoms. The van der Waals surface area contributed by atoms with Gasteiger partial charge in [0.1, 0.15) is 0 Å². The first-order valence-corrected chi connectivity index (χ1v) is 7.48. The van der Waals surface area contributed by atoms with E-state index in [9.17, 15) is 5.11 Å². The van der Waals surface area contributed by atoms with Crippen LogP contribution in [0.1, 0.15) is 39.0 Å². The molecule has 1 fully saturated rings. The Balaban J connectivity index is 2.12. The summed E-state index contributed by atoms with van der Waals surface area (Å²) in [6.45, 7) is 4.07. The Labute approximate surface area is 98.2 Å². The highest BCUT2D eigenvalue weighted by molar-refractivity contribution is 7.98. The SMILES string of the molecule is CSCC(C)CNCC1(O)CCCCC1. The van der Waals surface area contributed by atoms with Gasteiger partial charge in [-0.05, 0) is 37.3 Å². The Morgan fingerprint density at radius 3 is 2.60 bits per heavy atom. The van der Waals surface area contributed by atoms with Crippen LogP contribution in [0.25, 0.3) is 0 Å². The Kier molecular flexibility index (Phi) is 6.02. The van der Waals surface area contributed by atoms with Crippen LogP contribution in [0.4, 0.5) is 0 Å². The van der Waals surface area contributed by atoms with E-state index in [2.05, 4.69) is 18.5 Å². The van der Waals surface area contributed by atoms with Crippen molar-refractivity contribution in [2.45, 2.75) is 44.6 Å². The summed E-state index contributed by atoms with van der Waals surface area (Å²) in [5.41, 5.74) is -0.405. The van der Waals surface area contributed by atoms with E-state index in [-0.39, 0.29) is 0 Å². The summed E-state index contributed by atoms with van der Waals surface area (Å²) < 4.78 is 0. The predicted molar refractivity (Wildman–Crippen MR) is 68.5 cm³/mol. The molecule has 1 saturated carbocycles. The lowest BCUT2D eigenvalue weighted by molar-refractivity contribution is 0.00460. The molecule has 0 amide bonds. The fraction of sp³-hybridized carbons (Fsp3) is 1.00. The normalized spacial score (nSPS) is 22.6. The molecule has 2 N–H and O–H groups in total. The second-order valence-corrected chi connectivity index (χ2v) is 5.89. The summed E-state index contributed by atoms with van der Waals surface area (Å²) in [5.74, 6) is 1.90. The predicted octanol–water partition coefficient (Wildman–Crippen LogP) is 2.27. The first-order valence-electron chi connectivity index (χ1n) is 6.08. The van der Waals surface area contributed by atoms with Crippen LogP contribution in [0.5, 0.6) is 0 Å². The first kappa shape index (κ1) is 13.3. The molecule has 1 atom stereocenters. The van der Waals surface area contributed by atoms with Crippen molar-refractivity contribution >= 4 is 11.8 Å². The van der Waals surface area contributed by atoms with Crippen molar-refractivity contribution in [3.05, 3.63) is 0 Å². The number of nitrogens with one attached hydrogen (secondary N) is 1. The lowest BCUT2D eigenvalue weighted by Crippen LogP contribution is -2.43. The average Bonchev–Trinajstić information content (AvgIpc) is 2.19. The van der Waals surface area contributed by atoms with E-state index in [0.717, 1.165) is 25.9 Å². The molecule has 1 aliphatic carbocycles. The minimum atomic E-state index is -0.405. The Morgan fingerprint density at radius 1 is 1.33 bits per heavy atom. The average molecular weight is 231 g/mol. The molecular weight excluding hydrogens is 206 g/mol. The van der Waals surface area contributed by atoms with Crippen LogP contribution < -0.4 is 5.32 Å². The van der Waals surface area contributed by atoms with Crippen molar-refractivity contribution in [3.8, 4) is 0 Å². The first-order chi connectivity index (χ1) is 7.16. The quantitative estimate of drug-likeness (QED) is 0.735. The molecule has 0 aromatic heterocycles. The topological polar surface area (TPSA) is 32.3 Å². The number of rotatable bonds is 6. The molecule has 0 radical (unpaired) electrons. The molecule has 1 unspecified atom stereocenters. The zero-order valence-corrected chi connectivity index (χ0v) is 10.9. The van der Waals surface area contributed by atoms with E-state index in [1.807, 2.05) is 11.8 Å². The van der Waals surface area contributed by atoms with Crippen LogP contribution in [0.15, 0.2) is 0 Å². The van der Waals surface area contributed by atoms with Gasteiger partial charge < -0.3 is 10.4 Å². The molecule has 0 aromatic rings. The lowest BCUT2D eigenvalue weighted by Gasteiger charge is -2.32. The highest BCUT2D eigenvalue weighted by Gasteiger charge is 2.28. The Bertz CT molecular complexity index is 169. The molecular formula is C12H25NOS. The van der Waals surface area contributed by atoms with Gasteiger partial charge in [-0.3, -0.25) is 0 Å². The summed E-state index contributed by atoms with van der Waals surface area (Å²) in [5, 5.41) is 13.7. The minimum Gasteiger partial charge on any atom is -0.389 e. The van der Waals surface area contributed by atoms with Crippen LogP contribution in [0.3, 0.4) is 0 Å². The van der Waals surface area contributed by atoms with E-state index in [1.54, 1.807) is 0 Å². The summed E-state index contributed by atoms with van der Waals surface area (Å²) in [6.07, 6.45) is 7.79. The van der Waals surface area contributed by atoms with Crippen LogP contribution in [0, 0.1) is 5.92 Å². The van der Waals surface area contributed by atoms with Crippen LogP contribution in [0.2, 0.25) is 0 Å². The summed E-state index contributed by atoms with van der Waals surface area (Å²) in [7, 11) is 0. The van der Waals surface area contributed by atoms with E-state index in [1.165, 1.54) is 25.0 Å². The Hall–Kier alpha value is 0.270. The van der Waals surface area contributed by atoms with Crippen molar-refractivity contribution < 1.29 is 5.11 Å². The van der Waals surface area contributed by atoms with Gasteiger partial charge in [0, 0.05) is 6.54 Å². The maximum absolute atomic E-state index is 10.2. The molecule has 1 aliphatic rings. The van der Waals surface area contributed by atoms with Crippen LogP contribution >= 0.6 is 11.8 Å². The van der Waals surface area contributed by atoms with Crippen molar-refractivity contribution in [1.29, 1.82) is 0 Å². The van der Waals surface area contributed by atoms with Gasteiger partial charge in [0.25, 0.3) is 0 Å². The fourth-order valence-corrected chi connectivity index (χ4v) is 2.97. The molecule has 3 heteroatoms. The van der Waals surface area contributed by atoms with Gasteiger partial charge in [0.15, 0.2) is 0 Å². The van der Waals surface area contributed by atoms with Crippen LogP contribution in [-0.2, 0) is 0 Å². The zero-order valence-electron chi connectivity index (χ0n) is 10.1. The standard InChI is InChI=1S/C12H25NOS/c1-11(9-15-2)8-13-10-12(14)6-4-3-5-7-12/h11,13-14H,3-10H2,1-2H3. The maximum atomic E-state index is 10.2. The minimum absolute atomic E-state index is 0.405. The van der Waals surface area contributed by atoms with E-state index in [0.29, 0.717) is 5.92 Å². The monoisotopic (exact) mass is 231 g/mol. The second-order valence-electron chi connectivity index (χ2n) is 4.98. The second kappa shape index (κ2) is 6.77. The molecule has 2 nitrogen and oxygen atoms in total. The van der Waals surface area contributed by atoms with Crippen molar-refractivity contribution in [2.75, 3.05) is 25.1 Å². The maximum Gasteiger partial charge on any atom is 0.0771 e. The molecule has 0 aromatic carbocycles. The molecule has 0 heterocycles. The summed E-state index contributed by atoms with van der Waals surface area (Å²) in [4.78, 5) is 0. The fourth-order valence-electron chi connectivity index (χ4n) is 2.28. The summed E-state index contributed by atoms with van der Waals surface area (Å²) in [6, 6.07) is 0. The zero-order chi connectivity index (χ0) is 11.1. The van der Waals surface area contributed by atoms with E-state index in [4.69, 9.17) is 0 Å². The van der Waals surface area contributed by atoms with Gasteiger partial charge in [-0.25, -0.2) is 0 Å². The molecule has 90 valence electrons. The van der Waals surface area contributed by atoms with Gasteiger partial charge >= 0.3 is 0 Å². The number of hydrogen-bond donors (Lipinski definition) is 2. The molecule has 0 aliphatic heterocycles. The van der Waals surface area contributed by atoms with Crippen molar-refractivity contribution in [3.63, 3.8) is 0 Å². The number of thioether (sulfide) groups is 1. The largest absolute Gasteiger partial charge is 0.389 e. The molecule has 0 spiro atoms. The number of hydrogen-bond acceptors (Lipinski definition) is 3. The van der Waals surface area contributed by atoms with Crippen LogP contribution in [-0.4, -0.2) is 35.8 Å². The van der Waals surface area contributed by atoms with Crippen molar-refractivity contribution in [2.24, 2.45) is 5.92 Å². The van der Waals surface area contributed by atoms with Gasteiger partial charge in [0.05, 0.1) is 5.60 Å². The van der Waals surface area contributed by atoms with E-state index >= 15 is 0 Å². The van der Waals surface area contributed by atoms with Gasteiger partial charge in [-0.15, -0.1) is 0 Å². The third kappa shape index (κ3) is 5.23. The molecule has 1 rings (SSSR count). The third-order valence-corrected chi connectivity index (χ3v) is 4.08. The summed E-state index contributed by atoms with van der Waals surface area (Å²) >= 11 is 1.89. The van der Waals surface area contributed by atoms with E-state index < -0.39 is 5.60 Å². The van der Waals surface area contributed by atoms with Crippen molar-refractivity contribution in [1.82, 2.24) is 5.32 Å². The van der Waals surface area contributed by atoms with Gasteiger partial charge in [-0.1, -0.05) is 26.2 Å². The van der Waals surface area contributed by atoms with Gasteiger partial charge in [0.2, 0.25) is 0 Å². The highest BCUT2D eigenvalue weighted by Crippen LogP contribution is 2.27. The third-order valence-electron chi connectivity index (χ3n) is 3.18. The smallest absolute Gasteiger partial charge is 0.0771 e.